The van der Waals surface area contributed by atoms with E-state index in [1.165, 1.54) is 44.9 Å². The number of methoxy groups -OCH3 is 1. The third-order valence-electron chi connectivity index (χ3n) is 13.1. The summed E-state index contributed by atoms with van der Waals surface area (Å²) in [7, 11) is 4.33. The molecule has 11 atom stereocenters. The van der Waals surface area contributed by atoms with Crippen LogP contribution in [-0.2, 0) is 59.0 Å². The fourth-order valence-corrected chi connectivity index (χ4v) is 8.69. The van der Waals surface area contributed by atoms with Crippen molar-refractivity contribution in [3.8, 4) is 5.75 Å². The third-order valence-corrected chi connectivity index (χ3v) is 13.1. The van der Waals surface area contributed by atoms with Gasteiger partial charge >= 0.3 is 11.9 Å². The van der Waals surface area contributed by atoms with Crippen molar-refractivity contribution in [1.82, 2.24) is 30.7 Å². The molecule has 69 heavy (non-hydrogen) atoms. The summed E-state index contributed by atoms with van der Waals surface area (Å²) in [5.74, 6) is -8.41. The number of aliphatic hydroxyl groups is 1. The van der Waals surface area contributed by atoms with Crippen molar-refractivity contribution in [3.05, 3.63) is 29.8 Å². The molecule has 0 unspecified atom stereocenters. The summed E-state index contributed by atoms with van der Waals surface area (Å²) in [5.41, 5.74) is 0.602. The molecule has 0 bridgehead atoms. The van der Waals surface area contributed by atoms with Gasteiger partial charge in [-0.15, -0.1) is 0 Å². The van der Waals surface area contributed by atoms with Crippen LogP contribution < -0.4 is 20.7 Å². The molecule has 0 saturated carbocycles. The maximum absolute atomic E-state index is 14.7. The molecule has 1 aromatic carbocycles. The Hall–Kier alpha value is -5.59. The maximum Gasteiger partial charge on any atom is 0.329 e. The average molecular weight is 971 g/mol. The van der Waals surface area contributed by atoms with E-state index in [9.17, 15) is 48.3 Å². The van der Waals surface area contributed by atoms with Crippen LogP contribution in [0.2, 0.25) is 0 Å². The SMILES string of the molecule is CC[C@H](C)[C@@H]1NC(=O)[C@@H](NC(=O)[C@H](CC(C)C)N(C)C=O)[C@H](C)OC(=O)[C@H](Cc2ccc(OC)cc2)N(C)C(=O)[C@@H]2CCCN2C(=O)[C@H](CC(C)C)NC(=O)[C@@H](C)C(=O)[C@H](C(C)C)OC(=O)C[C@@H]1O. The zero-order valence-corrected chi connectivity index (χ0v) is 42.8. The number of hydrogen-bond donors (Lipinski definition) is 4. The monoisotopic (exact) mass is 971 g/mol. The molecule has 2 fully saturated rings. The smallest absolute Gasteiger partial charge is 0.329 e. The molecule has 386 valence electrons. The first-order valence-corrected chi connectivity index (χ1v) is 24.3. The molecule has 0 radical (unpaired) electrons. The van der Waals surface area contributed by atoms with Crippen LogP contribution >= 0.6 is 0 Å². The highest BCUT2D eigenvalue weighted by Crippen LogP contribution is 2.26. The van der Waals surface area contributed by atoms with Crippen LogP contribution in [0.3, 0.4) is 0 Å². The second-order valence-electron chi connectivity index (χ2n) is 19.9. The Morgan fingerprint density at radius 3 is 2.13 bits per heavy atom. The van der Waals surface area contributed by atoms with Gasteiger partial charge in [0.15, 0.2) is 11.9 Å². The molecule has 19 heteroatoms. The normalized spacial score (nSPS) is 27.3. The largest absolute Gasteiger partial charge is 0.497 e. The third kappa shape index (κ3) is 15.7. The van der Waals surface area contributed by atoms with Crippen molar-refractivity contribution in [2.75, 3.05) is 27.7 Å². The lowest BCUT2D eigenvalue weighted by Crippen LogP contribution is -2.61. The highest BCUT2D eigenvalue weighted by atomic mass is 16.6. The van der Waals surface area contributed by atoms with Crippen molar-refractivity contribution >= 4 is 53.7 Å². The van der Waals surface area contributed by atoms with E-state index in [0.29, 0.717) is 30.6 Å². The van der Waals surface area contributed by atoms with Crippen LogP contribution in [-0.4, -0.2) is 156 Å². The number of aliphatic hydroxyl groups excluding tert-OH is 1. The lowest BCUT2D eigenvalue weighted by Gasteiger charge is -2.35. The van der Waals surface area contributed by atoms with Gasteiger partial charge in [-0.2, -0.15) is 0 Å². The molecule has 4 N–H and O–H groups in total. The minimum absolute atomic E-state index is 0.0710. The predicted octanol–water partition coefficient (Wildman–Crippen LogP) is 2.57. The highest BCUT2D eigenvalue weighted by Gasteiger charge is 2.44. The minimum Gasteiger partial charge on any atom is -0.497 e. The number of ether oxygens (including phenoxy) is 3. The molecule has 6 amide bonds. The molecule has 19 nitrogen and oxygen atoms in total. The van der Waals surface area contributed by atoms with Crippen LogP contribution in [0.25, 0.3) is 0 Å². The van der Waals surface area contributed by atoms with Gasteiger partial charge in [-0.1, -0.05) is 73.9 Å². The standard InChI is InChI=1S/C50H78N6O13/c1-14-30(8)41-39(58)25-40(59)69-44(29(6)7)43(60)31(9)45(61)51-35(22-27(2)3)48(64)56-21-15-16-36(56)49(65)55(12)38(24-33-17-19-34(67-13)20-18-33)50(66)68-32(10)42(47(63)52-41)53-46(62)37(23-28(4)5)54(11)26-57/h17-20,26-32,35-39,41-42,44,58H,14-16,21-25H2,1-13H3,(H,51,61)(H,52,63)(H,53,62)/t30-,31-,32-,35-,36-,37-,38-,39-,41-,42-,44-/m0/s1. The first-order chi connectivity index (χ1) is 32.4. The molecule has 1 aromatic rings. The van der Waals surface area contributed by atoms with Gasteiger partial charge in [0.25, 0.3) is 0 Å². The molecule has 0 aliphatic carbocycles. The van der Waals surface area contributed by atoms with E-state index in [4.69, 9.17) is 14.2 Å². The van der Waals surface area contributed by atoms with Gasteiger partial charge in [-0.25, -0.2) is 4.79 Å². The number of amides is 6. The number of carbonyl (C=O) groups is 9. The lowest BCUT2D eigenvalue weighted by molar-refractivity contribution is -0.163. The van der Waals surface area contributed by atoms with Crippen molar-refractivity contribution in [1.29, 1.82) is 0 Å². The van der Waals surface area contributed by atoms with Crippen molar-refractivity contribution in [2.24, 2.45) is 29.6 Å². The Balaban J connectivity index is 2.26. The summed E-state index contributed by atoms with van der Waals surface area (Å²) in [6.45, 7) is 17.1. The van der Waals surface area contributed by atoms with E-state index in [-0.39, 0.29) is 44.1 Å². The number of rotatable bonds is 14. The van der Waals surface area contributed by atoms with Gasteiger partial charge in [-0.3, -0.25) is 38.4 Å². The van der Waals surface area contributed by atoms with E-state index >= 15 is 0 Å². The number of fused-ring (bicyclic) bond motifs is 1. The summed E-state index contributed by atoms with van der Waals surface area (Å²) >= 11 is 0. The number of ketones is 1. The molecule has 2 aliphatic rings. The Labute approximate surface area is 407 Å². The summed E-state index contributed by atoms with van der Waals surface area (Å²) in [6.07, 6.45) is -3.34. The summed E-state index contributed by atoms with van der Waals surface area (Å²) in [6, 6.07) is -0.622. The van der Waals surface area contributed by atoms with E-state index in [1.807, 2.05) is 27.7 Å². The zero-order chi connectivity index (χ0) is 52.0. The second kappa shape index (κ2) is 26.4. The van der Waals surface area contributed by atoms with Gasteiger partial charge in [0.05, 0.1) is 31.6 Å². The number of nitrogens with zero attached hydrogens (tertiary/aromatic N) is 3. The van der Waals surface area contributed by atoms with Crippen LogP contribution in [0.5, 0.6) is 5.75 Å². The van der Waals surface area contributed by atoms with Crippen LogP contribution in [0.15, 0.2) is 24.3 Å². The Morgan fingerprint density at radius 2 is 1.58 bits per heavy atom. The molecule has 3 rings (SSSR count). The number of nitrogens with one attached hydrogen (secondary N) is 3. The van der Waals surface area contributed by atoms with Gasteiger partial charge in [0, 0.05) is 27.1 Å². The molecule has 2 saturated heterocycles. The second-order valence-corrected chi connectivity index (χ2v) is 19.9. The Kier molecular flexibility index (Phi) is 22.1. The van der Waals surface area contributed by atoms with Crippen LogP contribution in [0.1, 0.15) is 113 Å². The number of Topliss-reactive ketones (excluding diaryl/α,β-unsaturated/α-hetero) is 1. The molecule has 0 spiro atoms. The lowest BCUT2D eigenvalue weighted by atomic mass is 9.91. The van der Waals surface area contributed by atoms with Crippen molar-refractivity contribution < 1.29 is 62.5 Å². The fourth-order valence-electron chi connectivity index (χ4n) is 8.69. The molecular formula is C50H78N6O13. The molecular weight excluding hydrogens is 893 g/mol. The van der Waals surface area contributed by atoms with E-state index in [1.54, 1.807) is 52.0 Å². The maximum atomic E-state index is 14.7. The number of benzene rings is 1. The van der Waals surface area contributed by atoms with Gasteiger partial charge < -0.3 is 50.0 Å². The topological polar surface area (TPSA) is 247 Å². The van der Waals surface area contributed by atoms with Gasteiger partial charge in [0.1, 0.15) is 42.1 Å². The molecule has 0 aromatic heterocycles. The summed E-state index contributed by atoms with van der Waals surface area (Å²) in [5, 5.41) is 19.8. The molecule has 2 aliphatic heterocycles. The summed E-state index contributed by atoms with van der Waals surface area (Å²) in [4.78, 5) is 130. The van der Waals surface area contributed by atoms with E-state index < -0.39 is 126 Å². The quantitative estimate of drug-likeness (QED) is 0.119. The van der Waals surface area contributed by atoms with Crippen molar-refractivity contribution in [2.45, 2.75) is 169 Å². The Morgan fingerprint density at radius 1 is 0.942 bits per heavy atom. The highest BCUT2D eigenvalue weighted by molar-refractivity contribution is 6.05. The predicted molar refractivity (Wildman–Crippen MR) is 255 cm³/mol. The zero-order valence-electron chi connectivity index (χ0n) is 42.8. The first-order valence-electron chi connectivity index (χ1n) is 24.3. The summed E-state index contributed by atoms with van der Waals surface area (Å²) < 4.78 is 17.1. The number of cyclic esters (lactones) is 2. The number of hydrogen-bond acceptors (Lipinski definition) is 13. The van der Waals surface area contributed by atoms with E-state index in [2.05, 4.69) is 16.0 Å². The number of likely N-dealkylation sites (N-methyl/N-ethyl adjacent to an activating group) is 2. The van der Waals surface area contributed by atoms with Crippen LogP contribution in [0.4, 0.5) is 0 Å². The van der Waals surface area contributed by atoms with E-state index in [0.717, 1.165) is 4.90 Å². The fraction of sp³-hybridized carbons (Fsp3) is 0.700. The first kappa shape index (κ1) is 57.7. The van der Waals surface area contributed by atoms with Crippen molar-refractivity contribution in [3.63, 3.8) is 0 Å². The average Bonchev–Trinajstić information content (AvgIpc) is 3.80. The number of esters is 2. The minimum atomic E-state index is -1.65. The van der Waals surface area contributed by atoms with Gasteiger partial charge in [-0.05, 0) is 80.9 Å². The molecule has 2 heterocycles. The Bertz CT molecular complexity index is 1960. The van der Waals surface area contributed by atoms with Crippen LogP contribution in [0, 0.1) is 29.6 Å². The number of carbonyl (C=O) groups excluding carboxylic acids is 9. The van der Waals surface area contributed by atoms with Gasteiger partial charge in [0.2, 0.25) is 35.9 Å².